The van der Waals surface area contributed by atoms with E-state index in [1.54, 1.807) is 0 Å². The van der Waals surface area contributed by atoms with Crippen LogP contribution in [0, 0.1) is 17.3 Å². The minimum atomic E-state index is -0.0776. The van der Waals surface area contributed by atoms with Crippen LogP contribution in [0.2, 0.25) is 0 Å². The normalized spacial score (nSPS) is 52.2. The molecular weight excluding hydrogens is 160 g/mol. The van der Waals surface area contributed by atoms with Crippen molar-refractivity contribution in [2.45, 2.75) is 31.8 Å². The highest BCUT2D eigenvalue weighted by atomic mass is 16.3. The third-order valence-electron chi connectivity index (χ3n) is 4.23. The Bertz CT molecular complexity index is 279. The van der Waals surface area contributed by atoms with Crippen molar-refractivity contribution in [3.8, 4) is 0 Å². The van der Waals surface area contributed by atoms with Crippen molar-refractivity contribution in [3.63, 3.8) is 0 Å². The summed E-state index contributed by atoms with van der Waals surface area (Å²) in [6.45, 7) is 0. The number of hydrogen-bond acceptors (Lipinski definition) is 1. The molecule has 0 bridgehead atoms. The zero-order valence-corrected chi connectivity index (χ0v) is 7.82. The Morgan fingerprint density at radius 3 is 2.77 bits per heavy atom. The van der Waals surface area contributed by atoms with Crippen molar-refractivity contribution in [3.05, 3.63) is 24.3 Å². The van der Waals surface area contributed by atoms with E-state index in [-0.39, 0.29) is 11.5 Å². The lowest BCUT2D eigenvalue weighted by molar-refractivity contribution is -0.0510. The van der Waals surface area contributed by atoms with Crippen LogP contribution in [-0.2, 0) is 0 Å². The number of aliphatic hydroxyl groups is 1. The van der Waals surface area contributed by atoms with Crippen molar-refractivity contribution in [2.24, 2.45) is 17.3 Å². The van der Waals surface area contributed by atoms with Gasteiger partial charge in [0.05, 0.1) is 6.10 Å². The summed E-state index contributed by atoms with van der Waals surface area (Å²) in [5, 5.41) is 10.1. The quantitative estimate of drug-likeness (QED) is 0.561. The molecule has 0 aliphatic heterocycles. The standard InChI is InChI=1S/C12H16O/c13-11-6-2-5-9-3-1-4-10-7-8-12(9,10)11/h1,3,7-11,13H,2,4-6H2/t9-,10+,11-,12+/m0/s1. The van der Waals surface area contributed by atoms with Crippen molar-refractivity contribution in [1.29, 1.82) is 0 Å². The van der Waals surface area contributed by atoms with Crippen LogP contribution in [0.1, 0.15) is 25.7 Å². The molecule has 0 aromatic carbocycles. The first kappa shape index (κ1) is 7.81. The summed E-state index contributed by atoms with van der Waals surface area (Å²) in [6, 6.07) is 0. The van der Waals surface area contributed by atoms with Gasteiger partial charge in [-0.1, -0.05) is 30.7 Å². The van der Waals surface area contributed by atoms with E-state index in [1.165, 1.54) is 12.8 Å². The van der Waals surface area contributed by atoms with E-state index in [0.717, 1.165) is 12.8 Å². The molecule has 3 aliphatic carbocycles. The van der Waals surface area contributed by atoms with Gasteiger partial charge in [-0.3, -0.25) is 0 Å². The molecule has 1 nitrogen and oxygen atoms in total. The molecule has 0 heterocycles. The maximum absolute atomic E-state index is 10.1. The average Bonchev–Trinajstić information content (AvgIpc) is 2.09. The summed E-state index contributed by atoms with van der Waals surface area (Å²) >= 11 is 0. The Kier molecular flexibility index (Phi) is 1.49. The highest BCUT2D eigenvalue weighted by molar-refractivity contribution is 5.30. The molecule has 4 atom stereocenters. The topological polar surface area (TPSA) is 20.2 Å². The summed E-state index contributed by atoms with van der Waals surface area (Å²) in [7, 11) is 0. The number of rotatable bonds is 0. The molecule has 0 saturated heterocycles. The van der Waals surface area contributed by atoms with Crippen LogP contribution in [0.25, 0.3) is 0 Å². The summed E-state index contributed by atoms with van der Waals surface area (Å²) in [5.41, 5.74) is 0.160. The van der Waals surface area contributed by atoms with Crippen molar-refractivity contribution < 1.29 is 5.11 Å². The second-order valence-corrected chi connectivity index (χ2v) is 4.68. The summed E-state index contributed by atoms with van der Waals surface area (Å²) in [5.74, 6) is 1.26. The molecule has 1 spiro atoms. The van der Waals surface area contributed by atoms with Crippen LogP contribution < -0.4 is 0 Å². The monoisotopic (exact) mass is 176 g/mol. The second kappa shape index (κ2) is 2.48. The lowest BCUT2D eigenvalue weighted by atomic mass is 9.50. The fourth-order valence-electron chi connectivity index (χ4n) is 3.42. The van der Waals surface area contributed by atoms with Crippen LogP contribution in [0.15, 0.2) is 24.3 Å². The van der Waals surface area contributed by atoms with E-state index < -0.39 is 0 Å². The van der Waals surface area contributed by atoms with Gasteiger partial charge in [0.25, 0.3) is 0 Å². The first-order valence-corrected chi connectivity index (χ1v) is 5.38. The SMILES string of the molecule is O[C@H]1CCC[C@@H]2C=CC[C@@H]3C=C[C@]132. The van der Waals surface area contributed by atoms with Gasteiger partial charge < -0.3 is 5.11 Å². The molecule has 3 rings (SSSR count). The zero-order valence-electron chi connectivity index (χ0n) is 7.82. The van der Waals surface area contributed by atoms with Crippen LogP contribution in [0.3, 0.4) is 0 Å². The van der Waals surface area contributed by atoms with Gasteiger partial charge in [0.15, 0.2) is 0 Å². The number of allylic oxidation sites excluding steroid dienone is 3. The van der Waals surface area contributed by atoms with E-state index in [9.17, 15) is 5.11 Å². The highest BCUT2D eigenvalue weighted by Crippen LogP contribution is 2.57. The van der Waals surface area contributed by atoms with E-state index in [2.05, 4.69) is 24.3 Å². The van der Waals surface area contributed by atoms with Crippen LogP contribution in [0.5, 0.6) is 0 Å². The largest absolute Gasteiger partial charge is 0.392 e. The van der Waals surface area contributed by atoms with Crippen molar-refractivity contribution >= 4 is 0 Å². The Balaban J connectivity index is 2.02. The number of aliphatic hydroxyl groups excluding tert-OH is 1. The fraction of sp³-hybridized carbons (Fsp3) is 0.667. The van der Waals surface area contributed by atoms with Gasteiger partial charge in [-0.05, 0) is 31.1 Å². The lowest BCUT2D eigenvalue weighted by Gasteiger charge is -2.55. The molecule has 70 valence electrons. The highest BCUT2D eigenvalue weighted by Gasteiger charge is 2.53. The van der Waals surface area contributed by atoms with E-state index >= 15 is 0 Å². The second-order valence-electron chi connectivity index (χ2n) is 4.68. The molecule has 1 fully saturated rings. The Hall–Kier alpha value is -0.560. The predicted octanol–water partition coefficient (Wildman–Crippen LogP) is 2.28. The first-order chi connectivity index (χ1) is 6.34. The molecule has 0 radical (unpaired) electrons. The van der Waals surface area contributed by atoms with Gasteiger partial charge in [0.1, 0.15) is 0 Å². The van der Waals surface area contributed by atoms with Crippen molar-refractivity contribution in [1.82, 2.24) is 0 Å². The predicted molar refractivity (Wildman–Crippen MR) is 52.2 cm³/mol. The minimum Gasteiger partial charge on any atom is -0.392 e. The molecule has 3 aliphatic rings. The molecule has 0 aromatic rings. The third-order valence-corrected chi connectivity index (χ3v) is 4.23. The molecule has 0 amide bonds. The van der Waals surface area contributed by atoms with E-state index in [4.69, 9.17) is 0 Å². The molecule has 1 heteroatoms. The fourth-order valence-corrected chi connectivity index (χ4v) is 3.42. The molecule has 13 heavy (non-hydrogen) atoms. The smallest absolute Gasteiger partial charge is 0.0642 e. The molecule has 0 aromatic heterocycles. The molecular formula is C12H16O. The van der Waals surface area contributed by atoms with Gasteiger partial charge >= 0.3 is 0 Å². The first-order valence-electron chi connectivity index (χ1n) is 5.38. The van der Waals surface area contributed by atoms with E-state index in [0.29, 0.717) is 11.8 Å². The molecule has 1 N–H and O–H groups in total. The van der Waals surface area contributed by atoms with Gasteiger partial charge in [0, 0.05) is 5.41 Å². The van der Waals surface area contributed by atoms with Crippen LogP contribution in [0.4, 0.5) is 0 Å². The van der Waals surface area contributed by atoms with Crippen LogP contribution >= 0.6 is 0 Å². The van der Waals surface area contributed by atoms with Gasteiger partial charge in [-0.25, -0.2) is 0 Å². The Morgan fingerprint density at radius 1 is 1.15 bits per heavy atom. The van der Waals surface area contributed by atoms with E-state index in [1.807, 2.05) is 0 Å². The maximum atomic E-state index is 10.1. The molecule has 1 saturated carbocycles. The summed E-state index contributed by atoms with van der Waals surface area (Å²) in [6.07, 6.45) is 13.7. The summed E-state index contributed by atoms with van der Waals surface area (Å²) < 4.78 is 0. The zero-order chi connectivity index (χ0) is 8.89. The average molecular weight is 176 g/mol. The molecule has 0 unspecified atom stereocenters. The third kappa shape index (κ3) is 0.812. The van der Waals surface area contributed by atoms with Gasteiger partial charge in [-0.2, -0.15) is 0 Å². The van der Waals surface area contributed by atoms with Crippen molar-refractivity contribution in [2.75, 3.05) is 0 Å². The Labute approximate surface area is 79.2 Å². The Morgan fingerprint density at radius 2 is 2.08 bits per heavy atom. The van der Waals surface area contributed by atoms with Gasteiger partial charge in [0.2, 0.25) is 0 Å². The lowest BCUT2D eigenvalue weighted by Crippen LogP contribution is -2.53. The number of hydrogen-bond donors (Lipinski definition) is 1. The minimum absolute atomic E-state index is 0.0776. The van der Waals surface area contributed by atoms with Gasteiger partial charge in [-0.15, -0.1) is 0 Å². The van der Waals surface area contributed by atoms with Crippen LogP contribution in [-0.4, -0.2) is 11.2 Å². The summed E-state index contributed by atoms with van der Waals surface area (Å²) in [4.78, 5) is 0. The maximum Gasteiger partial charge on any atom is 0.0642 e.